The van der Waals surface area contributed by atoms with Crippen LogP contribution in [0.5, 0.6) is 0 Å². The summed E-state index contributed by atoms with van der Waals surface area (Å²) in [5.41, 5.74) is -2.80. The van der Waals surface area contributed by atoms with E-state index >= 15 is 0 Å². The molecule has 5 rings (SSSR count). The van der Waals surface area contributed by atoms with Crippen LogP contribution >= 0.6 is 0 Å². The first-order valence-electron chi connectivity index (χ1n) is 9.84. The fourth-order valence-corrected chi connectivity index (χ4v) is 5.81. The van der Waals surface area contributed by atoms with Crippen molar-refractivity contribution in [2.24, 2.45) is 23.2 Å². The van der Waals surface area contributed by atoms with Crippen molar-refractivity contribution >= 4 is 11.9 Å². The molecule has 1 saturated carbocycles. The smallest absolute Gasteiger partial charge is 0.341 e. The second-order valence-corrected chi connectivity index (χ2v) is 9.50. The third kappa shape index (κ3) is 1.94. The van der Waals surface area contributed by atoms with E-state index in [2.05, 4.69) is 0 Å². The fraction of sp³-hybridized carbons (Fsp3) is 0.800. The van der Waals surface area contributed by atoms with E-state index in [0.29, 0.717) is 6.42 Å². The molecule has 4 fully saturated rings. The molecule has 2 aliphatic carbocycles. The highest BCUT2D eigenvalue weighted by molar-refractivity contribution is 5.83. The third-order valence-electron chi connectivity index (χ3n) is 7.85. The van der Waals surface area contributed by atoms with Gasteiger partial charge < -0.3 is 19.3 Å². The molecule has 10 atom stereocenters. The number of carbonyl (C=O) groups excluding carboxylic acids is 2. The van der Waals surface area contributed by atoms with Gasteiger partial charge in [-0.1, -0.05) is 26.0 Å². The Kier molecular flexibility index (Phi) is 3.42. The predicted molar refractivity (Wildman–Crippen MR) is 92.2 cm³/mol. The number of carbonyl (C=O) groups is 2. The zero-order chi connectivity index (χ0) is 20.3. The maximum Gasteiger partial charge on any atom is 0.341 e. The number of hydrogen-bond donors (Lipinski definition) is 1. The molecule has 8 heteroatoms. The molecule has 5 aliphatic rings. The Bertz CT molecular complexity index is 795. The monoisotopic (exact) mass is 394 g/mol. The number of ether oxygens (including phenoxy) is 3. The summed E-state index contributed by atoms with van der Waals surface area (Å²) in [7, 11) is 0. The molecule has 3 saturated heterocycles. The highest BCUT2D eigenvalue weighted by atomic mass is 17.2. The van der Waals surface area contributed by atoms with Gasteiger partial charge in [0.2, 0.25) is 5.79 Å². The maximum atomic E-state index is 12.8. The van der Waals surface area contributed by atoms with Crippen LogP contribution in [0.2, 0.25) is 0 Å². The second kappa shape index (κ2) is 5.16. The summed E-state index contributed by atoms with van der Waals surface area (Å²) in [6.07, 6.45) is 2.37. The van der Waals surface area contributed by atoms with Gasteiger partial charge >= 0.3 is 11.9 Å². The van der Waals surface area contributed by atoms with E-state index in [9.17, 15) is 14.7 Å². The third-order valence-corrected chi connectivity index (χ3v) is 7.85. The molecule has 0 spiro atoms. The average molecular weight is 394 g/mol. The molecule has 0 unspecified atom stereocenters. The van der Waals surface area contributed by atoms with Gasteiger partial charge in [0.1, 0.15) is 11.7 Å². The number of rotatable bonds is 2. The molecule has 3 aliphatic heterocycles. The van der Waals surface area contributed by atoms with Gasteiger partial charge in [0.05, 0.1) is 23.4 Å². The van der Waals surface area contributed by atoms with E-state index in [-0.39, 0.29) is 18.0 Å². The van der Waals surface area contributed by atoms with Crippen molar-refractivity contribution in [2.45, 2.75) is 76.3 Å². The second-order valence-electron chi connectivity index (χ2n) is 9.50. The molecular formula is C20H26O8. The standard InChI is InChI=1S/C20H26O8/c1-9-11-12(24-15(9)21)13-17(3)7-6-8-18(13,4)27-28-20(17,23)14(11)25-16(22)19(5)10(2)26-19/h6-7,9-14,23H,8H2,1-5H3/t9-,10+,11+,12-,13+,14-,17+,18-,19+,20-/m1/s1. The van der Waals surface area contributed by atoms with Crippen molar-refractivity contribution in [3.63, 3.8) is 0 Å². The zero-order valence-electron chi connectivity index (χ0n) is 16.6. The van der Waals surface area contributed by atoms with Crippen molar-refractivity contribution in [3.05, 3.63) is 12.2 Å². The molecule has 0 amide bonds. The Balaban J connectivity index is 1.62. The van der Waals surface area contributed by atoms with Crippen LogP contribution in [-0.4, -0.2) is 52.3 Å². The van der Waals surface area contributed by atoms with Crippen LogP contribution in [0.1, 0.15) is 41.0 Å². The molecule has 3 heterocycles. The Morgan fingerprint density at radius 3 is 2.57 bits per heavy atom. The first-order valence-corrected chi connectivity index (χ1v) is 9.84. The SMILES string of the molecule is C[C@@H]1O[C@]1(C)C(=O)O[C@@H]1[C@@H]2[C@@H](OC(=O)[C@@H]2C)[C@@H]2[C@@]3(C)CC=C[C@]2(C)[C@]1(O)OO3. The normalized spacial score (nSPS) is 58.7. The number of aliphatic hydroxyl groups is 1. The van der Waals surface area contributed by atoms with E-state index in [1.807, 2.05) is 26.0 Å². The maximum absolute atomic E-state index is 12.8. The highest BCUT2D eigenvalue weighted by Crippen LogP contribution is 2.65. The van der Waals surface area contributed by atoms with Crippen LogP contribution in [0, 0.1) is 23.2 Å². The number of hydrogen-bond acceptors (Lipinski definition) is 8. The number of fused-ring (bicyclic) bond motifs is 1. The van der Waals surface area contributed by atoms with Gasteiger partial charge in [0.15, 0.2) is 11.7 Å². The molecular weight excluding hydrogens is 368 g/mol. The van der Waals surface area contributed by atoms with Gasteiger partial charge in [-0.2, -0.15) is 4.89 Å². The lowest BCUT2D eigenvalue weighted by atomic mass is 9.50. The quantitative estimate of drug-likeness (QED) is 0.323. The van der Waals surface area contributed by atoms with Crippen molar-refractivity contribution in [1.29, 1.82) is 0 Å². The Morgan fingerprint density at radius 1 is 1.25 bits per heavy atom. The lowest BCUT2D eigenvalue weighted by Gasteiger charge is -2.65. The van der Waals surface area contributed by atoms with Crippen molar-refractivity contribution < 1.29 is 38.7 Å². The van der Waals surface area contributed by atoms with Crippen LogP contribution in [0.15, 0.2) is 12.2 Å². The minimum absolute atomic E-state index is 0.280. The van der Waals surface area contributed by atoms with Crippen molar-refractivity contribution in [2.75, 3.05) is 0 Å². The minimum Gasteiger partial charge on any atom is -0.461 e. The molecule has 0 aromatic rings. The van der Waals surface area contributed by atoms with Crippen LogP contribution in [0.4, 0.5) is 0 Å². The van der Waals surface area contributed by atoms with E-state index in [4.69, 9.17) is 24.0 Å². The minimum atomic E-state index is -1.96. The molecule has 0 aromatic carbocycles. The van der Waals surface area contributed by atoms with Crippen LogP contribution in [-0.2, 0) is 33.6 Å². The average Bonchev–Trinajstić information content (AvgIpc) is 3.14. The summed E-state index contributed by atoms with van der Waals surface area (Å²) in [6.45, 7) is 8.87. The van der Waals surface area contributed by atoms with Gasteiger partial charge in [-0.05, 0) is 27.2 Å². The summed E-state index contributed by atoms with van der Waals surface area (Å²) in [4.78, 5) is 36.6. The van der Waals surface area contributed by atoms with Gasteiger partial charge in [0, 0.05) is 5.92 Å². The summed E-state index contributed by atoms with van der Waals surface area (Å²) in [5.74, 6) is -4.37. The van der Waals surface area contributed by atoms with E-state index < -0.39 is 52.4 Å². The molecule has 0 aromatic heterocycles. The first kappa shape index (κ1) is 18.5. The van der Waals surface area contributed by atoms with Crippen molar-refractivity contribution in [1.82, 2.24) is 0 Å². The summed E-state index contributed by atoms with van der Waals surface area (Å²) < 4.78 is 17.0. The number of esters is 2. The molecule has 154 valence electrons. The van der Waals surface area contributed by atoms with Crippen LogP contribution < -0.4 is 0 Å². The lowest BCUT2D eigenvalue weighted by Crippen LogP contribution is -2.77. The van der Waals surface area contributed by atoms with Gasteiger partial charge in [0.25, 0.3) is 0 Å². The molecule has 4 bridgehead atoms. The van der Waals surface area contributed by atoms with Crippen molar-refractivity contribution in [3.8, 4) is 0 Å². The van der Waals surface area contributed by atoms with E-state index in [1.165, 1.54) is 0 Å². The lowest BCUT2D eigenvalue weighted by molar-refractivity contribution is -0.555. The van der Waals surface area contributed by atoms with Gasteiger partial charge in [-0.25, -0.2) is 9.68 Å². The van der Waals surface area contributed by atoms with Crippen LogP contribution in [0.3, 0.4) is 0 Å². The molecule has 8 nitrogen and oxygen atoms in total. The van der Waals surface area contributed by atoms with E-state index in [0.717, 1.165) is 0 Å². The van der Waals surface area contributed by atoms with E-state index in [1.54, 1.807) is 20.8 Å². The summed E-state index contributed by atoms with van der Waals surface area (Å²) in [6, 6.07) is 0. The summed E-state index contributed by atoms with van der Waals surface area (Å²) >= 11 is 0. The predicted octanol–water partition coefficient (Wildman–Crippen LogP) is 1.26. The molecule has 1 N–H and O–H groups in total. The van der Waals surface area contributed by atoms with Gasteiger partial charge in [-0.3, -0.25) is 4.79 Å². The molecule has 28 heavy (non-hydrogen) atoms. The fourth-order valence-electron chi connectivity index (χ4n) is 5.81. The Morgan fingerprint density at radius 2 is 1.93 bits per heavy atom. The molecule has 0 radical (unpaired) electrons. The Hall–Kier alpha value is -1.48. The summed E-state index contributed by atoms with van der Waals surface area (Å²) in [5, 5.41) is 11.7. The topological polar surface area (TPSA) is 104 Å². The Labute approximate surface area is 163 Å². The highest BCUT2D eigenvalue weighted by Gasteiger charge is 2.78. The first-order chi connectivity index (χ1) is 13.0. The van der Waals surface area contributed by atoms with Crippen LogP contribution in [0.25, 0.3) is 0 Å². The van der Waals surface area contributed by atoms with Gasteiger partial charge in [-0.15, -0.1) is 0 Å². The largest absolute Gasteiger partial charge is 0.461 e. The zero-order valence-corrected chi connectivity index (χ0v) is 16.6. The number of epoxide rings is 1.